The van der Waals surface area contributed by atoms with Gasteiger partial charge in [0.1, 0.15) is 0 Å². The fraction of sp³-hybridized carbons (Fsp3) is 0.840. The Labute approximate surface area is 179 Å². The lowest BCUT2D eigenvalue weighted by molar-refractivity contribution is -0.144. The third-order valence-corrected chi connectivity index (χ3v) is 8.26. The van der Waals surface area contributed by atoms with Crippen molar-refractivity contribution in [2.24, 2.45) is 34.5 Å². The molecule has 2 bridgehead atoms. The maximum atomic E-state index is 13.7. The minimum Gasteiger partial charge on any atom is -0.343 e. The zero-order valence-corrected chi connectivity index (χ0v) is 20.1. The van der Waals surface area contributed by atoms with Crippen molar-refractivity contribution in [3.63, 3.8) is 0 Å². The van der Waals surface area contributed by atoms with E-state index < -0.39 is 0 Å². The summed E-state index contributed by atoms with van der Waals surface area (Å²) in [5.74, 6) is 1.33. The van der Waals surface area contributed by atoms with Gasteiger partial charge in [0.25, 0.3) is 0 Å². The van der Waals surface area contributed by atoms with Crippen LogP contribution in [0.3, 0.4) is 0 Å². The topological polar surface area (TPSA) is 40.6 Å². The second kappa shape index (κ2) is 9.22. The number of rotatable bonds is 10. The van der Waals surface area contributed by atoms with Crippen molar-refractivity contribution in [2.75, 3.05) is 26.2 Å². The summed E-state index contributed by atoms with van der Waals surface area (Å²) in [7, 11) is 0. The highest BCUT2D eigenvalue weighted by atomic mass is 16.2. The van der Waals surface area contributed by atoms with Crippen LogP contribution in [-0.4, -0.2) is 47.8 Å². The first-order chi connectivity index (χ1) is 13.6. The van der Waals surface area contributed by atoms with Gasteiger partial charge in [0.15, 0.2) is 0 Å². The zero-order chi connectivity index (χ0) is 22.0. The first-order valence-corrected chi connectivity index (χ1v) is 11.9. The summed E-state index contributed by atoms with van der Waals surface area (Å²) in [6.07, 6.45) is 7.37. The van der Waals surface area contributed by atoms with Gasteiger partial charge >= 0.3 is 0 Å². The fourth-order valence-electron chi connectivity index (χ4n) is 6.04. The Balaban J connectivity index is 2.46. The summed E-state index contributed by atoms with van der Waals surface area (Å²) < 4.78 is 0. The number of carbonyl (C=O) groups is 2. The molecule has 4 heteroatoms. The van der Waals surface area contributed by atoms with E-state index in [1.807, 2.05) is 37.5 Å². The van der Waals surface area contributed by atoms with Gasteiger partial charge in [-0.3, -0.25) is 9.59 Å². The molecule has 0 radical (unpaired) electrons. The van der Waals surface area contributed by atoms with Crippen LogP contribution in [-0.2, 0) is 9.59 Å². The highest BCUT2D eigenvalue weighted by Gasteiger charge is 2.61. The van der Waals surface area contributed by atoms with Crippen molar-refractivity contribution in [1.82, 2.24) is 9.80 Å². The SMILES string of the molecule is CCN(CC)C(=O)CC(C(=O)N(CC)CC)C1CC2(C(C)C)C=CC1(C(C)C)C2. The molecule has 0 N–H and O–H groups in total. The molecule has 1 saturated carbocycles. The summed E-state index contributed by atoms with van der Waals surface area (Å²) in [5.41, 5.74) is 0.205. The molecule has 2 rings (SSSR count). The van der Waals surface area contributed by atoms with Gasteiger partial charge in [-0.1, -0.05) is 39.8 Å². The molecule has 1 fully saturated rings. The van der Waals surface area contributed by atoms with Gasteiger partial charge in [0, 0.05) is 32.6 Å². The Bertz CT molecular complexity index is 618. The lowest BCUT2D eigenvalue weighted by Crippen LogP contribution is -2.46. The Morgan fingerprint density at radius 2 is 1.45 bits per heavy atom. The number of hydrogen-bond donors (Lipinski definition) is 0. The van der Waals surface area contributed by atoms with Gasteiger partial charge < -0.3 is 9.80 Å². The molecule has 4 atom stereocenters. The van der Waals surface area contributed by atoms with E-state index in [4.69, 9.17) is 0 Å². The highest BCUT2D eigenvalue weighted by molar-refractivity contribution is 5.86. The third kappa shape index (κ3) is 4.14. The van der Waals surface area contributed by atoms with Crippen molar-refractivity contribution in [1.29, 1.82) is 0 Å². The number of amides is 2. The molecule has 166 valence electrons. The lowest BCUT2D eigenvalue weighted by Gasteiger charge is -2.42. The normalized spacial score (nSPS) is 29.0. The zero-order valence-electron chi connectivity index (χ0n) is 20.1. The molecule has 0 aromatic heterocycles. The quantitative estimate of drug-likeness (QED) is 0.481. The maximum Gasteiger partial charge on any atom is 0.226 e. The molecule has 2 aliphatic rings. The summed E-state index contributed by atoms with van der Waals surface area (Å²) in [6.45, 7) is 20.2. The average Bonchev–Trinajstić information content (AvgIpc) is 3.25. The molecule has 2 aliphatic carbocycles. The van der Waals surface area contributed by atoms with Gasteiger partial charge in [0.2, 0.25) is 11.8 Å². The van der Waals surface area contributed by atoms with Crippen LogP contribution >= 0.6 is 0 Å². The largest absolute Gasteiger partial charge is 0.343 e. The molecular weight excluding hydrogens is 360 g/mol. The number of hydrogen-bond acceptors (Lipinski definition) is 2. The van der Waals surface area contributed by atoms with Gasteiger partial charge in [-0.15, -0.1) is 0 Å². The Hall–Kier alpha value is -1.32. The molecule has 0 aliphatic heterocycles. The van der Waals surface area contributed by atoms with Crippen molar-refractivity contribution < 1.29 is 9.59 Å². The van der Waals surface area contributed by atoms with E-state index in [-0.39, 0.29) is 34.5 Å². The predicted octanol–water partition coefficient (Wildman–Crippen LogP) is 4.99. The second-order valence-electron chi connectivity index (χ2n) is 9.86. The molecule has 0 aromatic carbocycles. The molecule has 29 heavy (non-hydrogen) atoms. The number of allylic oxidation sites excluding steroid dienone is 2. The van der Waals surface area contributed by atoms with Gasteiger partial charge in [-0.25, -0.2) is 0 Å². The van der Waals surface area contributed by atoms with E-state index in [9.17, 15) is 9.59 Å². The third-order valence-electron chi connectivity index (χ3n) is 8.26. The first-order valence-electron chi connectivity index (χ1n) is 11.9. The van der Waals surface area contributed by atoms with Crippen molar-refractivity contribution in [3.8, 4) is 0 Å². The standard InChI is InChI=1S/C25H44N2O2/c1-9-26(10-2)22(28)15-20(23(29)27(11-3)12-4)21-16-24(18(5)6)13-14-25(21,17-24)19(7)8/h13-14,18-21H,9-12,15-17H2,1-8H3. The van der Waals surface area contributed by atoms with Crippen molar-refractivity contribution in [2.45, 2.75) is 74.7 Å². The predicted molar refractivity (Wildman–Crippen MR) is 120 cm³/mol. The van der Waals surface area contributed by atoms with Crippen LogP contribution < -0.4 is 0 Å². The average molecular weight is 405 g/mol. The molecule has 2 amide bonds. The number of fused-ring (bicyclic) bond motifs is 2. The van der Waals surface area contributed by atoms with Gasteiger partial charge in [0.05, 0.1) is 5.92 Å². The Kier molecular flexibility index (Phi) is 7.62. The molecular formula is C25H44N2O2. The van der Waals surface area contributed by atoms with Crippen LogP contribution in [0.15, 0.2) is 12.2 Å². The van der Waals surface area contributed by atoms with Crippen molar-refractivity contribution >= 4 is 11.8 Å². The minimum atomic E-state index is -0.226. The number of carbonyl (C=O) groups excluding carboxylic acids is 2. The molecule has 0 heterocycles. The van der Waals surface area contributed by atoms with E-state index in [2.05, 4.69) is 39.8 Å². The Morgan fingerprint density at radius 1 is 0.897 bits per heavy atom. The van der Waals surface area contributed by atoms with Crippen LogP contribution in [0.2, 0.25) is 0 Å². The van der Waals surface area contributed by atoms with E-state index in [0.717, 1.165) is 12.8 Å². The monoisotopic (exact) mass is 404 g/mol. The van der Waals surface area contributed by atoms with E-state index in [0.29, 0.717) is 44.4 Å². The first kappa shape index (κ1) is 24.0. The lowest BCUT2D eigenvalue weighted by atomic mass is 9.64. The van der Waals surface area contributed by atoms with Crippen LogP contribution in [0.1, 0.15) is 74.7 Å². The summed E-state index contributed by atoms with van der Waals surface area (Å²) in [5, 5.41) is 0. The molecule has 0 saturated heterocycles. The summed E-state index contributed by atoms with van der Waals surface area (Å²) >= 11 is 0. The molecule has 0 aromatic rings. The second-order valence-corrected chi connectivity index (χ2v) is 9.86. The Morgan fingerprint density at radius 3 is 1.90 bits per heavy atom. The van der Waals surface area contributed by atoms with Crippen molar-refractivity contribution in [3.05, 3.63) is 12.2 Å². The fourth-order valence-corrected chi connectivity index (χ4v) is 6.04. The van der Waals surface area contributed by atoms with Crippen LogP contribution in [0.5, 0.6) is 0 Å². The molecule has 4 nitrogen and oxygen atoms in total. The smallest absolute Gasteiger partial charge is 0.226 e. The van der Waals surface area contributed by atoms with Gasteiger partial charge in [-0.2, -0.15) is 0 Å². The maximum absolute atomic E-state index is 13.7. The van der Waals surface area contributed by atoms with E-state index >= 15 is 0 Å². The highest BCUT2D eigenvalue weighted by Crippen LogP contribution is 2.67. The van der Waals surface area contributed by atoms with Crippen LogP contribution in [0, 0.1) is 34.5 Å². The molecule has 0 spiro atoms. The number of nitrogens with zero attached hydrogens (tertiary/aromatic N) is 2. The van der Waals surface area contributed by atoms with Crippen LogP contribution in [0.4, 0.5) is 0 Å². The minimum absolute atomic E-state index is 0.0291. The van der Waals surface area contributed by atoms with Gasteiger partial charge in [-0.05, 0) is 69.1 Å². The van der Waals surface area contributed by atoms with Crippen LogP contribution in [0.25, 0.3) is 0 Å². The summed E-state index contributed by atoms with van der Waals surface area (Å²) in [4.78, 5) is 30.6. The van der Waals surface area contributed by atoms with E-state index in [1.165, 1.54) is 0 Å². The summed E-state index contributed by atoms with van der Waals surface area (Å²) in [6, 6.07) is 0. The van der Waals surface area contributed by atoms with E-state index in [1.54, 1.807) is 0 Å². The molecule has 4 unspecified atom stereocenters.